The Balaban J connectivity index is 2.95. The molecule has 0 unspecified atom stereocenters. The molecule has 1 N–H and O–H groups in total. The molecule has 86 valence electrons. The van der Waals surface area contributed by atoms with Gasteiger partial charge in [-0.3, -0.25) is 4.79 Å². The molecule has 4 heteroatoms. The predicted molar refractivity (Wildman–Crippen MR) is 62.3 cm³/mol. The summed E-state index contributed by atoms with van der Waals surface area (Å²) in [4.78, 5) is 22.3. The zero-order valence-electron chi connectivity index (χ0n) is 9.27. The standard InChI is InChI=1S/C12H15NO3/c1-3-4-6-13-7-5-10(8-11(13)14)9(2)12(15)16/h5,7-8H,2-4,6H2,1H3,(H,15,16). The number of carbonyl (C=O) groups is 1. The number of aromatic nitrogens is 1. The Kier molecular flexibility index (Phi) is 4.05. The first-order chi connectivity index (χ1) is 7.56. The van der Waals surface area contributed by atoms with Gasteiger partial charge < -0.3 is 9.67 Å². The van der Waals surface area contributed by atoms with Gasteiger partial charge in [0.2, 0.25) is 0 Å². The minimum Gasteiger partial charge on any atom is -0.478 e. The average molecular weight is 221 g/mol. The maximum absolute atomic E-state index is 11.6. The van der Waals surface area contributed by atoms with Crippen LogP contribution in [0.5, 0.6) is 0 Å². The van der Waals surface area contributed by atoms with Crippen molar-refractivity contribution in [2.45, 2.75) is 26.3 Å². The Morgan fingerprint density at radius 2 is 2.25 bits per heavy atom. The van der Waals surface area contributed by atoms with E-state index in [-0.39, 0.29) is 11.1 Å². The fraction of sp³-hybridized carbons (Fsp3) is 0.333. The topological polar surface area (TPSA) is 59.3 Å². The number of nitrogens with zero attached hydrogens (tertiary/aromatic N) is 1. The van der Waals surface area contributed by atoms with E-state index in [4.69, 9.17) is 5.11 Å². The van der Waals surface area contributed by atoms with Gasteiger partial charge in [-0.05, 0) is 18.1 Å². The summed E-state index contributed by atoms with van der Waals surface area (Å²) >= 11 is 0. The van der Waals surface area contributed by atoms with Gasteiger partial charge in [0.05, 0.1) is 5.57 Å². The smallest absolute Gasteiger partial charge is 0.335 e. The molecule has 1 aromatic heterocycles. The number of aryl methyl sites for hydroxylation is 1. The van der Waals surface area contributed by atoms with E-state index < -0.39 is 5.97 Å². The number of unbranched alkanes of at least 4 members (excludes halogenated alkanes) is 1. The quantitative estimate of drug-likeness (QED) is 0.770. The highest BCUT2D eigenvalue weighted by Crippen LogP contribution is 2.09. The lowest BCUT2D eigenvalue weighted by molar-refractivity contribution is -0.130. The molecule has 0 saturated carbocycles. The molecule has 1 rings (SSSR count). The summed E-state index contributed by atoms with van der Waals surface area (Å²) in [5.41, 5.74) is 0.123. The number of rotatable bonds is 5. The van der Waals surface area contributed by atoms with E-state index in [1.807, 2.05) is 6.92 Å². The molecule has 0 aromatic carbocycles. The maximum atomic E-state index is 11.6. The molecule has 0 amide bonds. The van der Waals surface area contributed by atoms with Crippen molar-refractivity contribution in [1.82, 2.24) is 4.57 Å². The summed E-state index contributed by atoms with van der Waals surface area (Å²) in [5.74, 6) is -1.11. The van der Waals surface area contributed by atoms with Crippen molar-refractivity contribution in [2.75, 3.05) is 0 Å². The number of pyridine rings is 1. The number of aliphatic carboxylic acids is 1. The first-order valence-electron chi connectivity index (χ1n) is 5.19. The van der Waals surface area contributed by atoms with Gasteiger partial charge in [-0.25, -0.2) is 4.79 Å². The van der Waals surface area contributed by atoms with Crippen LogP contribution < -0.4 is 5.56 Å². The summed E-state index contributed by atoms with van der Waals surface area (Å²) in [6, 6.07) is 2.92. The third-order valence-corrected chi connectivity index (χ3v) is 2.36. The van der Waals surface area contributed by atoms with Gasteiger partial charge in [0.25, 0.3) is 5.56 Å². The lowest BCUT2D eigenvalue weighted by Crippen LogP contribution is -2.19. The Hall–Kier alpha value is -1.84. The van der Waals surface area contributed by atoms with E-state index in [0.717, 1.165) is 12.8 Å². The van der Waals surface area contributed by atoms with Crippen LogP contribution in [0.15, 0.2) is 29.7 Å². The third-order valence-electron chi connectivity index (χ3n) is 2.36. The molecule has 0 spiro atoms. The highest BCUT2D eigenvalue weighted by atomic mass is 16.4. The van der Waals surface area contributed by atoms with Crippen LogP contribution in [0.25, 0.3) is 5.57 Å². The van der Waals surface area contributed by atoms with Crippen LogP contribution in [-0.4, -0.2) is 15.6 Å². The van der Waals surface area contributed by atoms with Crippen LogP contribution in [0.3, 0.4) is 0 Å². The fourth-order valence-corrected chi connectivity index (χ4v) is 1.33. The van der Waals surface area contributed by atoms with Crippen molar-refractivity contribution in [3.05, 3.63) is 40.8 Å². The SMILES string of the molecule is C=C(C(=O)O)c1ccn(CCCC)c(=O)c1. The van der Waals surface area contributed by atoms with Crippen LogP contribution in [0.2, 0.25) is 0 Å². The summed E-state index contributed by atoms with van der Waals surface area (Å²) in [7, 11) is 0. The average Bonchev–Trinajstić information content (AvgIpc) is 2.26. The van der Waals surface area contributed by atoms with Crippen LogP contribution in [-0.2, 0) is 11.3 Å². The van der Waals surface area contributed by atoms with E-state index in [1.54, 1.807) is 16.8 Å². The van der Waals surface area contributed by atoms with Crippen LogP contribution >= 0.6 is 0 Å². The van der Waals surface area contributed by atoms with Crippen molar-refractivity contribution >= 4 is 11.5 Å². The molecular formula is C12H15NO3. The number of hydrogen-bond donors (Lipinski definition) is 1. The Labute approximate surface area is 93.8 Å². The Morgan fingerprint density at radius 3 is 2.75 bits per heavy atom. The van der Waals surface area contributed by atoms with E-state index in [1.165, 1.54) is 6.07 Å². The third kappa shape index (κ3) is 2.82. The molecule has 4 nitrogen and oxygen atoms in total. The number of carboxylic acids is 1. The molecule has 0 aliphatic rings. The zero-order valence-corrected chi connectivity index (χ0v) is 9.27. The molecule has 0 atom stereocenters. The van der Waals surface area contributed by atoms with Gasteiger partial charge in [0, 0.05) is 18.8 Å². The first-order valence-corrected chi connectivity index (χ1v) is 5.19. The Morgan fingerprint density at radius 1 is 1.56 bits per heavy atom. The van der Waals surface area contributed by atoms with Crippen molar-refractivity contribution < 1.29 is 9.90 Å². The molecule has 0 aliphatic carbocycles. The van der Waals surface area contributed by atoms with Gasteiger partial charge in [-0.1, -0.05) is 19.9 Å². The second-order valence-electron chi connectivity index (χ2n) is 3.58. The summed E-state index contributed by atoms with van der Waals surface area (Å²) in [5, 5.41) is 8.73. The molecule has 0 saturated heterocycles. The van der Waals surface area contributed by atoms with Crippen molar-refractivity contribution in [2.24, 2.45) is 0 Å². The molecule has 1 aromatic rings. The monoisotopic (exact) mass is 221 g/mol. The molecule has 0 radical (unpaired) electrons. The second-order valence-corrected chi connectivity index (χ2v) is 3.58. The molecule has 16 heavy (non-hydrogen) atoms. The van der Waals surface area contributed by atoms with Gasteiger partial charge >= 0.3 is 5.97 Å². The molecule has 0 bridgehead atoms. The normalized spacial score (nSPS) is 10.1. The summed E-state index contributed by atoms with van der Waals surface area (Å²) < 4.78 is 1.57. The Bertz CT molecular complexity index is 460. The number of carboxylic acid groups (broad SMARTS) is 1. The molecule has 0 fully saturated rings. The van der Waals surface area contributed by atoms with Crippen LogP contribution in [0, 0.1) is 0 Å². The van der Waals surface area contributed by atoms with E-state index in [9.17, 15) is 9.59 Å². The van der Waals surface area contributed by atoms with Crippen LogP contribution in [0.4, 0.5) is 0 Å². The van der Waals surface area contributed by atoms with E-state index in [0.29, 0.717) is 12.1 Å². The minimum absolute atomic E-state index is 0.0558. The zero-order chi connectivity index (χ0) is 12.1. The van der Waals surface area contributed by atoms with E-state index in [2.05, 4.69) is 6.58 Å². The fourth-order valence-electron chi connectivity index (χ4n) is 1.33. The van der Waals surface area contributed by atoms with Crippen LogP contribution in [0.1, 0.15) is 25.3 Å². The van der Waals surface area contributed by atoms with Gasteiger partial charge in [0.1, 0.15) is 0 Å². The van der Waals surface area contributed by atoms with Crippen molar-refractivity contribution in [3.63, 3.8) is 0 Å². The maximum Gasteiger partial charge on any atom is 0.335 e. The second kappa shape index (κ2) is 5.30. The van der Waals surface area contributed by atoms with Gasteiger partial charge in [-0.15, -0.1) is 0 Å². The summed E-state index contributed by atoms with van der Waals surface area (Å²) in [6.07, 6.45) is 3.55. The minimum atomic E-state index is -1.11. The molecule has 1 heterocycles. The predicted octanol–water partition coefficient (Wildman–Crippen LogP) is 1.75. The lowest BCUT2D eigenvalue weighted by Gasteiger charge is -2.06. The van der Waals surface area contributed by atoms with E-state index >= 15 is 0 Å². The summed E-state index contributed by atoms with van der Waals surface area (Å²) in [6.45, 7) is 6.12. The molecular weight excluding hydrogens is 206 g/mol. The van der Waals surface area contributed by atoms with Crippen molar-refractivity contribution in [1.29, 1.82) is 0 Å². The molecule has 0 aliphatic heterocycles. The largest absolute Gasteiger partial charge is 0.478 e. The van der Waals surface area contributed by atoms with Gasteiger partial charge in [-0.2, -0.15) is 0 Å². The first kappa shape index (κ1) is 12.2. The highest BCUT2D eigenvalue weighted by molar-refractivity contribution is 6.14. The highest BCUT2D eigenvalue weighted by Gasteiger charge is 2.08. The lowest BCUT2D eigenvalue weighted by atomic mass is 10.1. The van der Waals surface area contributed by atoms with Crippen molar-refractivity contribution in [3.8, 4) is 0 Å². The van der Waals surface area contributed by atoms with Gasteiger partial charge in [0.15, 0.2) is 0 Å². The number of hydrogen-bond acceptors (Lipinski definition) is 2.